The van der Waals surface area contributed by atoms with Crippen LogP contribution in [-0.2, 0) is 4.74 Å². The Morgan fingerprint density at radius 1 is 1.67 bits per heavy atom. The van der Waals surface area contributed by atoms with Crippen LogP contribution in [0.5, 0.6) is 0 Å². The SMILES string of the molecule is CCC(C)NCC1OCCC1O. The van der Waals surface area contributed by atoms with Crippen LogP contribution < -0.4 is 5.32 Å². The third kappa shape index (κ3) is 2.73. The van der Waals surface area contributed by atoms with Gasteiger partial charge in [-0.1, -0.05) is 6.92 Å². The molecule has 3 atom stereocenters. The second-order valence-electron chi connectivity index (χ2n) is 3.48. The summed E-state index contributed by atoms with van der Waals surface area (Å²) in [6.45, 7) is 5.76. The van der Waals surface area contributed by atoms with E-state index in [-0.39, 0.29) is 12.2 Å². The van der Waals surface area contributed by atoms with Gasteiger partial charge in [-0.3, -0.25) is 0 Å². The molecule has 0 spiro atoms. The molecule has 0 aromatic heterocycles. The van der Waals surface area contributed by atoms with Crippen LogP contribution >= 0.6 is 0 Å². The van der Waals surface area contributed by atoms with Crippen LogP contribution in [0, 0.1) is 0 Å². The van der Waals surface area contributed by atoms with Crippen molar-refractivity contribution in [3.63, 3.8) is 0 Å². The molecular formula is C9H19NO2. The summed E-state index contributed by atoms with van der Waals surface area (Å²) in [4.78, 5) is 0. The van der Waals surface area contributed by atoms with Gasteiger partial charge >= 0.3 is 0 Å². The van der Waals surface area contributed by atoms with Gasteiger partial charge in [-0.2, -0.15) is 0 Å². The van der Waals surface area contributed by atoms with Crippen LogP contribution in [0.3, 0.4) is 0 Å². The fourth-order valence-corrected chi connectivity index (χ4v) is 1.29. The van der Waals surface area contributed by atoms with Gasteiger partial charge in [0, 0.05) is 19.2 Å². The van der Waals surface area contributed by atoms with E-state index in [2.05, 4.69) is 19.2 Å². The van der Waals surface area contributed by atoms with E-state index in [0.29, 0.717) is 12.6 Å². The minimum absolute atomic E-state index is 0.0130. The molecule has 0 radical (unpaired) electrons. The fourth-order valence-electron chi connectivity index (χ4n) is 1.29. The summed E-state index contributed by atoms with van der Waals surface area (Å²) in [6, 6.07) is 0.515. The van der Waals surface area contributed by atoms with Gasteiger partial charge in [0.1, 0.15) is 0 Å². The van der Waals surface area contributed by atoms with Crippen molar-refractivity contribution in [2.45, 2.75) is 44.9 Å². The molecule has 1 saturated heterocycles. The lowest BCUT2D eigenvalue weighted by Crippen LogP contribution is -2.37. The first-order chi connectivity index (χ1) is 5.74. The van der Waals surface area contributed by atoms with Crippen molar-refractivity contribution >= 4 is 0 Å². The number of rotatable bonds is 4. The molecule has 12 heavy (non-hydrogen) atoms. The zero-order chi connectivity index (χ0) is 8.97. The first-order valence-electron chi connectivity index (χ1n) is 4.77. The van der Waals surface area contributed by atoms with E-state index in [0.717, 1.165) is 19.4 Å². The summed E-state index contributed by atoms with van der Waals surface area (Å²) < 4.78 is 5.35. The van der Waals surface area contributed by atoms with E-state index < -0.39 is 0 Å². The minimum atomic E-state index is -0.262. The molecule has 1 heterocycles. The predicted octanol–water partition coefficient (Wildman–Crippen LogP) is 0.524. The molecule has 2 N–H and O–H groups in total. The standard InChI is InChI=1S/C9H19NO2/c1-3-7(2)10-6-9-8(11)4-5-12-9/h7-11H,3-6H2,1-2H3. The van der Waals surface area contributed by atoms with Crippen molar-refractivity contribution in [1.82, 2.24) is 5.32 Å². The molecule has 72 valence electrons. The number of aliphatic hydroxyl groups is 1. The Morgan fingerprint density at radius 2 is 2.42 bits per heavy atom. The van der Waals surface area contributed by atoms with Crippen molar-refractivity contribution in [2.24, 2.45) is 0 Å². The lowest BCUT2D eigenvalue weighted by Gasteiger charge is -2.17. The highest BCUT2D eigenvalue weighted by molar-refractivity contribution is 4.77. The number of hydrogen-bond donors (Lipinski definition) is 2. The molecular weight excluding hydrogens is 154 g/mol. The number of ether oxygens (including phenoxy) is 1. The Kier molecular flexibility index (Phi) is 3.98. The molecule has 0 amide bonds. The van der Waals surface area contributed by atoms with Gasteiger partial charge < -0.3 is 15.2 Å². The maximum absolute atomic E-state index is 9.41. The van der Waals surface area contributed by atoms with E-state index in [1.54, 1.807) is 0 Å². The van der Waals surface area contributed by atoms with Crippen molar-refractivity contribution in [3.05, 3.63) is 0 Å². The van der Waals surface area contributed by atoms with Crippen LogP contribution in [0.1, 0.15) is 26.7 Å². The van der Waals surface area contributed by atoms with Crippen molar-refractivity contribution in [1.29, 1.82) is 0 Å². The topological polar surface area (TPSA) is 41.5 Å². The van der Waals surface area contributed by atoms with E-state index in [1.807, 2.05) is 0 Å². The average molecular weight is 173 g/mol. The fraction of sp³-hybridized carbons (Fsp3) is 1.00. The molecule has 0 aromatic carbocycles. The summed E-state index contributed by atoms with van der Waals surface area (Å²) in [6.07, 6.45) is 1.65. The van der Waals surface area contributed by atoms with Gasteiger partial charge in [-0.25, -0.2) is 0 Å². The molecule has 1 aliphatic heterocycles. The van der Waals surface area contributed by atoms with Crippen LogP contribution in [0.2, 0.25) is 0 Å². The zero-order valence-electron chi connectivity index (χ0n) is 7.92. The normalized spacial score (nSPS) is 32.2. The smallest absolute Gasteiger partial charge is 0.0958 e. The predicted molar refractivity (Wildman–Crippen MR) is 48.1 cm³/mol. The maximum atomic E-state index is 9.41. The minimum Gasteiger partial charge on any atom is -0.390 e. The summed E-state index contributed by atoms with van der Waals surface area (Å²) >= 11 is 0. The van der Waals surface area contributed by atoms with Crippen LogP contribution in [0.15, 0.2) is 0 Å². The Bertz CT molecular complexity index is 130. The highest BCUT2D eigenvalue weighted by atomic mass is 16.5. The summed E-state index contributed by atoms with van der Waals surface area (Å²) in [5, 5.41) is 12.7. The van der Waals surface area contributed by atoms with Crippen molar-refractivity contribution in [3.8, 4) is 0 Å². The van der Waals surface area contributed by atoms with Crippen LogP contribution in [0.25, 0.3) is 0 Å². The van der Waals surface area contributed by atoms with Gasteiger partial charge in [0.2, 0.25) is 0 Å². The van der Waals surface area contributed by atoms with Crippen LogP contribution in [-0.4, -0.2) is 36.5 Å². The van der Waals surface area contributed by atoms with E-state index in [1.165, 1.54) is 0 Å². The molecule has 1 fully saturated rings. The van der Waals surface area contributed by atoms with Gasteiger partial charge in [0.25, 0.3) is 0 Å². The maximum Gasteiger partial charge on any atom is 0.0958 e. The molecule has 0 aromatic rings. The third-order valence-electron chi connectivity index (χ3n) is 2.45. The molecule has 1 aliphatic rings. The second kappa shape index (κ2) is 4.80. The van der Waals surface area contributed by atoms with E-state index in [4.69, 9.17) is 4.74 Å². The zero-order valence-corrected chi connectivity index (χ0v) is 7.92. The number of hydrogen-bond acceptors (Lipinski definition) is 3. The summed E-state index contributed by atoms with van der Waals surface area (Å²) in [5.74, 6) is 0. The average Bonchev–Trinajstić information content (AvgIpc) is 2.47. The molecule has 0 bridgehead atoms. The Hall–Kier alpha value is -0.120. The number of aliphatic hydroxyl groups excluding tert-OH is 1. The first-order valence-corrected chi connectivity index (χ1v) is 4.77. The second-order valence-corrected chi connectivity index (χ2v) is 3.48. The first kappa shape index (κ1) is 9.96. The Labute approximate surface area is 74.1 Å². The Balaban J connectivity index is 2.13. The Morgan fingerprint density at radius 3 is 2.92 bits per heavy atom. The number of nitrogens with one attached hydrogen (secondary N) is 1. The van der Waals surface area contributed by atoms with E-state index in [9.17, 15) is 5.11 Å². The molecule has 3 heteroatoms. The molecule has 0 saturated carbocycles. The van der Waals surface area contributed by atoms with Gasteiger partial charge in [0.15, 0.2) is 0 Å². The van der Waals surface area contributed by atoms with Crippen molar-refractivity contribution < 1.29 is 9.84 Å². The molecule has 1 rings (SSSR count). The van der Waals surface area contributed by atoms with Gasteiger partial charge in [-0.15, -0.1) is 0 Å². The largest absolute Gasteiger partial charge is 0.390 e. The van der Waals surface area contributed by atoms with Crippen molar-refractivity contribution in [2.75, 3.05) is 13.2 Å². The van der Waals surface area contributed by atoms with E-state index >= 15 is 0 Å². The van der Waals surface area contributed by atoms with Gasteiger partial charge in [0.05, 0.1) is 12.2 Å². The third-order valence-corrected chi connectivity index (χ3v) is 2.45. The highest BCUT2D eigenvalue weighted by Gasteiger charge is 2.25. The summed E-state index contributed by atoms with van der Waals surface area (Å²) in [5.41, 5.74) is 0. The lowest BCUT2D eigenvalue weighted by molar-refractivity contribution is 0.0412. The van der Waals surface area contributed by atoms with Crippen LogP contribution in [0.4, 0.5) is 0 Å². The monoisotopic (exact) mass is 173 g/mol. The quantitative estimate of drug-likeness (QED) is 0.651. The molecule has 3 unspecified atom stereocenters. The van der Waals surface area contributed by atoms with Gasteiger partial charge in [-0.05, 0) is 19.8 Å². The summed E-state index contributed by atoms with van der Waals surface area (Å²) in [7, 11) is 0. The highest BCUT2D eigenvalue weighted by Crippen LogP contribution is 2.12. The molecule has 0 aliphatic carbocycles. The molecule has 3 nitrogen and oxygen atoms in total. The lowest BCUT2D eigenvalue weighted by atomic mass is 10.2.